The lowest BCUT2D eigenvalue weighted by molar-refractivity contribution is -0.267. The van der Waals surface area contributed by atoms with Crippen LogP contribution in [0, 0.1) is 5.82 Å². The fourth-order valence-electron chi connectivity index (χ4n) is 4.84. The van der Waals surface area contributed by atoms with E-state index in [2.05, 4.69) is 15.1 Å². The lowest BCUT2D eigenvalue weighted by Crippen LogP contribution is -2.56. The van der Waals surface area contributed by atoms with E-state index >= 15 is 0 Å². The van der Waals surface area contributed by atoms with Gasteiger partial charge in [0.25, 0.3) is 5.91 Å². The molecule has 2 fully saturated rings. The molecular weight excluding hydrogens is 455 g/mol. The van der Waals surface area contributed by atoms with Crippen molar-refractivity contribution in [3.05, 3.63) is 59.4 Å². The number of anilines is 1. The zero-order valence-electron chi connectivity index (χ0n) is 19.5. The zero-order valence-corrected chi connectivity index (χ0v) is 19.5. The lowest BCUT2D eigenvalue weighted by atomic mass is 9.94. The van der Waals surface area contributed by atoms with Gasteiger partial charge in [0.1, 0.15) is 24.3 Å². The Morgan fingerprint density at radius 1 is 1.06 bits per heavy atom. The first kappa shape index (κ1) is 23.4. The van der Waals surface area contributed by atoms with Crippen LogP contribution in [0.25, 0.3) is 0 Å². The molecule has 2 aromatic carbocycles. The number of carbonyl (C=O) groups is 2. The molecule has 186 valence electrons. The molecule has 3 aliphatic rings. The molecule has 0 radical (unpaired) electrons. The van der Waals surface area contributed by atoms with Crippen molar-refractivity contribution in [3.8, 4) is 5.75 Å². The van der Waals surface area contributed by atoms with Crippen molar-refractivity contribution in [1.82, 2.24) is 15.1 Å². The fourth-order valence-corrected chi connectivity index (χ4v) is 4.84. The summed E-state index contributed by atoms with van der Waals surface area (Å²) in [7, 11) is 1.40. The third-order valence-electron chi connectivity index (χ3n) is 7.12. The van der Waals surface area contributed by atoms with Gasteiger partial charge in [-0.25, -0.2) is 4.39 Å². The molecule has 3 aliphatic heterocycles. The van der Waals surface area contributed by atoms with Crippen molar-refractivity contribution in [2.24, 2.45) is 0 Å². The van der Waals surface area contributed by atoms with E-state index in [9.17, 15) is 19.1 Å². The van der Waals surface area contributed by atoms with Gasteiger partial charge in [0.15, 0.2) is 0 Å². The molecule has 9 nitrogen and oxygen atoms in total. The largest absolute Gasteiger partial charge is 0.530 e. The van der Waals surface area contributed by atoms with Crippen LogP contribution in [0.3, 0.4) is 0 Å². The van der Waals surface area contributed by atoms with E-state index in [-0.39, 0.29) is 12.2 Å². The molecule has 0 spiro atoms. The summed E-state index contributed by atoms with van der Waals surface area (Å²) < 4.78 is 24.5. The summed E-state index contributed by atoms with van der Waals surface area (Å²) in [5.74, 6) is -0.283. The maximum atomic E-state index is 13.3. The summed E-state index contributed by atoms with van der Waals surface area (Å²) in [4.78, 5) is 30.4. The Hall–Kier alpha value is -3.37. The third kappa shape index (κ3) is 4.76. The van der Waals surface area contributed by atoms with Crippen LogP contribution < -0.4 is 20.1 Å². The van der Waals surface area contributed by atoms with Gasteiger partial charge in [-0.3, -0.25) is 9.69 Å². The number of carbonyl (C=O) groups excluding carboxylic acids is 2. The van der Waals surface area contributed by atoms with Gasteiger partial charge in [0, 0.05) is 50.0 Å². The van der Waals surface area contributed by atoms with Crippen LogP contribution in [0.4, 0.5) is 14.9 Å². The predicted molar refractivity (Wildman–Crippen MR) is 124 cm³/mol. The van der Waals surface area contributed by atoms with Crippen molar-refractivity contribution in [1.29, 1.82) is 0 Å². The van der Waals surface area contributed by atoms with Gasteiger partial charge in [0.2, 0.25) is 0 Å². The van der Waals surface area contributed by atoms with Gasteiger partial charge in [-0.15, -0.1) is 0 Å². The fraction of sp³-hybridized carbons (Fsp3) is 0.440. The first-order valence-electron chi connectivity index (χ1n) is 11.7. The number of rotatable bonds is 5. The highest BCUT2D eigenvalue weighted by atomic mass is 19.1. The van der Waals surface area contributed by atoms with Crippen LogP contribution in [-0.2, 0) is 4.74 Å². The zero-order chi connectivity index (χ0) is 24.5. The van der Waals surface area contributed by atoms with Crippen molar-refractivity contribution >= 4 is 17.7 Å². The topological polar surface area (TPSA) is 97.4 Å². The minimum Gasteiger partial charge on any atom is -0.530 e. The van der Waals surface area contributed by atoms with Gasteiger partial charge in [-0.05, 0) is 42.5 Å². The summed E-state index contributed by atoms with van der Waals surface area (Å²) in [6.07, 6.45) is -1.37. The molecule has 1 N–H and O–H groups in total. The minimum absolute atomic E-state index is 0.0628. The summed E-state index contributed by atoms with van der Waals surface area (Å²) >= 11 is 0. The number of fused-ring (bicyclic) bond motifs is 1. The summed E-state index contributed by atoms with van der Waals surface area (Å²) in [5, 5.41) is 14.6. The summed E-state index contributed by atoms with van der Waals surface area (Å²) in [5.41, 5.74) is 1.95. The molecule has 2 amide bonds. The Kier molecular flexibility index (Phi) is 6.48. The third-order valence-corrected chi connectivity index (χ3v) is 7.12. The quantitative estimate of drug-likeness (QED) is 0.674. The summed E-state index contributed by atoms with van der Waals surface area (Å²) in [6.45, 7) is 5.21. The number of hydrogen-bond donors (Lipinski definition) is 1. The number of piperazine rings is 1. The molecular formula is C25H28FN4O5-. The standard InChI is InChI=1S/C25H29FN4O5/c1-28(25(32)33)21-15-35-22-7-6-18(29-8-10-30(11-9-29)19-13-34-14-19)12-20(22)23(21)27-24(31)16-2-4-17(26)5-3-16/h2-7,12,19,21,23H,8-11,13-15H2,1H3,(H,27,31)(H,32,33)/p-1/t21-,23-/m0/s1. The van der Waals surface area contributed by atoms with E-state index in [1.807, 2.05) is 18.2 Å². The molecule has 0 bridgehead atoms. The average Bonchev–Trinajstić information content (AvgIpc) is 2.83. The molecule has 2 aromatic rings. The van der Waals surface area contributed by atoms with Crippen LogP contribution in [0.2, 0.25) is 0 Å². The number of hydrogen-bond acceptors (Lipinski definition) is 7. The highest BCUT2D eigenvalue weighted by molar-refractivity contribution is 5.94. The number of halogens is 1. The second kappa shape index (κ2) is 9.71. The lowest BCUT2D eigenvalue weighted by Gasteiger charge is -2.44. The molecule has 3 heterocycles. The minimum atomic E-state index is -1.37. The van der Waals surface area contributed by atoms with Crippen LogP contribution >= 0.6 is 0 Å². The van der Waals surface area contributed by atoms with Crippen molar-refractivity contribution in [2.45, 2.75) is 18.1 Å². The molecule has 0 aromatic heterocycles. The SMILES string of the molecule is CN(C(=O)[O-])[C@H]1COc2ccc(N3CCN(C4COC4)CC3)cc2[C@@H]1NC(=O)c1ccc(F)cc1. The van der Waals surface area contributed by atoms with Crippen molar-refractivity contribution < 1.29 is 28.6 Å². The highest BCUT2D eigenvalue weighted by Crippen LogP contribution is 2.37. The van der Waals surface area contributed by atoms with Gasteiger partial charge >= 0.3 is 0 Å². The Bertz CT molecular complexity index is 1090. The molecule has 0 unspecified atom stereocenters. The van der Waals surface area contributed by atoms with E-state index in [1.54, 1.807) is 0 Å². The van der Waals surface area contributed by atoms with Crippen LogP contribution in [0.5, 0.6) is 5.75 Å². The van der Waals surface area contributed by atoms with Gasteiger partial charge in [-0.1, -0.05) is 0 Å². The molecule has 2 atom stereocenters. The monoisotopic (exact) mass is 483 g/mol. The average molecular weight is 484 g/mol. The Morgan fingerprint density at radius 3 is 2.40 bits per heavy atom. The van der Waals surface area contributed by atoms with Crippen LogP contribution in [-0.4, -0.2) is 86.9 Å². The van der Waals surface area contributed by atoms with E-state index in [0.29, 0.717) is 17.4 Å². The number of benzene rings is 2. The highest BCUT2D eigenvalue weighted by Gasteiger charge is 2.36. The molecule has 10 heteroatoms. The van der Waals surface area contributed by atoms with E-state index < -0.39 is 29.9 Å². The van der Waals surface area contributed by atoms with E-state index in [0.717, 1.165) is 50.0 Å². The molecule has 0 saturated carbocycles. The second-order valence-electron chi connectivity index (χ2n) is 9.15. The van der Waals surface area contributed by atoms with Crippen LogP contribution in [0.15, 0.2) is 42.5 Å². The normalized spacial score (nSPS) is 22.5. The van der Waals surface area contributed by atoms with Crippen LogP contribution in [0.1, 0.15) is 22.0 Å². The number of carboxylic acid groups (broad SMARTS) is 1. The second-order valence-corrected chi connectivity index (χ2v) is 9.15. The number of nitrogens with zero attached hydrogens (tertiary/aromatic N) is 3. The molecule has 0 aliphatic carbocycles. The maximum absolute atomic E-state index is 13.3. The number of amides is 2. The molecule has 5 rings (SSSR count). The molecule has 35 heavy (non-hydrogen) atoms. The summed E-state index contributed by atoms with van der Waals surface area (Å²) in [6, 6.07) is 10.2. The first-order chi connectivity index (χ1) is 16.9. The maximum Gasteiger partial charge on any atom is 0.251 e. The van der Waals surface area contributed by atoms with E-state index in [1.165, 1.54) is 31.3 Å². The van der Waals surface area contributed by atoms with E-state index in [4.69, 9.17) is 9.47 Å². The smallest absolute Gasteiger partial charge is 0.251 e. The van der Waals surface area contributed by atoms with Crippen molar-refractivity contribution in [3.63, 3.8) is 0 Å². The van der Waals surface area contributed by atoms with Gasteiger partial charge in [0.05, 0.1) is 31.3 Å². The Morgan fingerprint density at radius 2 is 1.77 bits per heavy atom. The number of nitrogens with one attached hydrogen (secondary N) is 1. The van der Waals surface area contributed by atoms with Crippen molar-refractivity contribution in [2.75, 3.05) is 57.9 Å². The first-order valence-corrected chi connectivity index (χ1v) is 11.7. The predicted octanol–water partition coefficient (Wildman–Crippen LogP) is 0.854. The molecule has 2 saturated heterocycles. The van der Waals surface area contributed by atoms with Gasteiger partial charge < -0.3 is 34.5 Å². The Balaban J connectivity index is 1.40. The number of likely N-dealkylation sites (N-methyl/N-ethyl adjacent to an activating group) is 1. The Labute approximate surface area is 203 Å². The van der Waals surface area contributed by atoms with Gasteiger partial charge in [-0.2, -0.15) is 0 Å². The number of ether oxygens (including phenoxy) is 2.